The summed E-state index contributed by atoms with van der Waals surface area (Å²) in [6, 6.07) is 7.04. The first kappa shape index (κ1) is 19.9. The predicted molar refractivity (Wildman–Crippen MR) is 104 cm³/mol. The lowest BCUT2D eigenvalue weighted by Gasteiger charge is -2.18. The molecule has 6 heteroatoms. The van der Waals surface area contributed by atoms with Crippen LogP contribution in [0.4, 0.5) is 5.69 Å². The lowest BCUT2D eigenvalue weighted by Crippen LogP contribution is -2.16. The maximum atomic E-state index is 13.0. The molecular formula is C20H24ClNO4. The van der Waals surface area contributed by atoms with Gasteiger partial charge in [0.15, 0.2) is 11.5 Å². The number of hydrogen-bond acceptors (Lipinski definition) is 4. The number of aryl methyl sites for hydroxylation is 1. The summed E-state index contributed by atoms with van der Waals surface area (Å²) < 4.78 is 15.9. The van der Waals surface area contributed by atoms with Gasteiger partial charge in [0.2, 0.25) is 0 Å². The van der Waals surface area contributed by atoms with Crippen LogP contribution < -0.4 is 19.5 Å². The van der Waals surface area contributed by atoms with E-state index in [1.807, 2.05) is 26.0 Å². The molecule has 1 N–H and O–H groups in total. The molecule has 0 heterocycles. The molecule has 2 aromatic carbocycles. The fraction of sp³-hybridized carbons (Fsp3) is 0.350. The van der Waals surface area contributed by atoms with E-state index in [2.05, 4.69) is 5.32 Å². The number of amides is 1. The van der Waals surface area contributed by atoms with Gasteiger partial charge in [-0.2, -0.15) is 0 Å². The molecule has 0 saturated carbocycles. The Morgan fingerprint density at radius 2 is 1.58 bits per heavy atom. The van der Waals surface area contributed by atoms with Crippen LogP contribution in [0, 0.1) is 0 Å². The Bertz CT molecular complexity index is 805. The van der Waals surface area contributed by atoms with Crippen molar-refractivity contribution < 1.29 is 19.0 Å². The summed E-state index contributed by atoms with van der Waals surface area (Å²) in [5.41, 5.74) is 3.05. The Kier molecular flexibility index (Phi) is 6.75. The highest BCUT2D eigenvalue weighted by atomic mass is 35.5. The molecule has 5 nitrogen and oxygen atoms in total. The number of carbonyl (C=O) groups is 1. The van der Waals surface area contributed by atoms with Gasteiger partial charge < -0.3 is 19.5 Å². The minimum Gasteiger partial charge on any atom is -0.496 e. The fourth-order valence-electron chi connectivity index (χ4n) is 2.85. The zero-order valence-electron chi connectivity index (χ0n) is 15.7. The van der Waals surface area contributed by atoms with Crippen LogP contribution in [0.2, 0.25) is 5.02 Å². The van der Waals surface area contributed by atoms with Crippen LogP contribution >= 0.6 is 11.6 Å². The van der Waals surface area contributed by atoms with E-state index in [0.717, 1.165) is 23.2 Å². The van der Waals surface area contributed by atoms with E-state index in [1.165, 1.54) is 21.3 Å². The minimum atomic E-state index is -0.297. The van der Waals surface area contributed by atoms with Crippen LogP contribution in [-0.4, -0.2) is 27.2 Å². The van der Waals surface area contributed by atoms with Crippen molar-refractivity contribution in [2.45, 2.75) is 26.7 Å². The van der Waals surface area contributed by atoms with E-state index in [4.69, 9.17) is 25.8 Å². The first-order valence-corrected chi connectivity index (χ1v) is 8.79. The third kappa shape index (κ3) is 3.88. The topological polar surface area (TPSA) is 56.8 Å². The van der Waals surface area contributed by atoms with E-state index >= 15 is 0 Å². The molecule has 0 aliphatic heterocycles. The van der Waals surface area contributed by atoms with Gasteiger partial charge in [0.1, 0.15) is 5.75 Å². The minimum absolute atomic E-state index is 0.297. The molecule has 0 saturated heterocycles. The second kappa shape index (κ2) is 8.81. The zero-order chi connectivity index (χ0) is 19.3. The van der Waals surface area contributed by atoms with E-state index in [9.17, 15) is 4.79 Å². The van der Waals surface area contributed by atoms with Crippen molar-refractivity contribution >= 4 is 23.2 Å². The van der Waals surface area contributed by atoms with Gasteiger partial charge in [0.05, 0.1) is 26.9 Å². The smallest absolute Gasteiger partial charge is 0.259 e. The first-order chi connectivity index (χ1) is 12.5. The summed E-state index contributed by atoms with van der Waals surface area (Å²) in [5, 5.41) is 3.64. The third-order valence-corrected chi connectivity index (χ3v) is 4.62. The quantitative estimate of drug-likeness (QED) is 0.756. The highest BCUT2D eigenvalue weighted by Crippen LogP contribution is 2.36. The number of rotatable bonds is 7. The number of hydrogen-bond donors (Lipinski definition) is 1. The van der Waals surface area contributed by atoms with E-state index in [1.54, 1.807) is 12.1 Å². The highest BCUT2D eigenvalue weighted by Gasteiger charge is 2.20. The normalized spacial score (nSPS) is 10.4. The maximum Gasteiger partial charge on any atom is 0.259 e. The molecule has 2 aromatic rings. The molecule has 0 fully saturated rings. The Balaban J connectivity index is 2.50. The molecular weight excluding hydrogens is 354 g/mol. The van der Waals surface area contributed by atoms with Crippen molar-refractivity contribution in [3.63, 3.8) is 0 Å². The summed E-state index contributed by atoms with van der Waals surface area (Å²) >= 11 is 6.32. The van der Waals surface area contributed by atoms with Gasteiger partial charge >= 0.3 is 0 Å². The standard InChI is InChI=1S/C20H24ClNO4/c1-6-12-8-9-15(21)13(7-2)19(12)22-20(23)14-10-17(25-4)18(26-5)11-16(14)24-3/h8-11H,6-7H2,1-5H3,(H,22,23). The first-order valence-electron chi connectivity index (χ1n) is 8.42. The third-order valence-electron chi connectivity index (χ3n) is 4.27. The van der Waals surface area contributed by atoms with Gasteiger partial charge in [-0.3, -0.25) is 4.79 Å². The van der Waals surface area contributed by atoms with Crippen LogP contribution in [0.5, 0.6) is 17.2 Å². The number of ether oxygens (including phenoxy) is 3. The molecule has 0 aliphatic carbocycles. The molecule has 0 radical (unpaired) electrons. The van der Waals surface area contributed by atoms with Crippen molar-refractivity contribution in [1.29, 1.82) is 0 Å². The Hall–Kier alpha value is -2.40. The second-order valence-electron chi connectivity index (χ2n) is 5.63. The van der Waals surface area contributed by atoms with E-state index in [-0.39, 0.29) is 5.91 Å². The second-order valence-corrected chi connectivity index (χ2v) is 6.04. The molecule has 26 heavy (non-hydrogen) atoms. The summed E-state index contributed by atoms with van der Waals surface area (Å²) in [6.07, 6.45) is 1.49. The van der Waals surface area contributed by atoms with Gasteiger partial charge in [0, 0.05) is 22.8 Å². The highest BCUT2D eigenvalue weighted by molar-refractivity contribution is 6.32. The number of halogens is 1. The lowest BCUT2D eigenvalue weighted by molar-refractivity contribution is 0.102. The van der Waals surface area contributed by atoms with Crippen molar-refractivity contribution in [2.75, 3.05) is 26.6 Å². The molecule has 0 aromatic heterocycles. The van der Waals surface area contributed by atoms with Gasteiger partial charge in [-0.05, 0) is 30.0 Å². The molecule has 2 rings (SSSR count). The molecule has 140 valence electrons. The van der Waals surface area contributed by atoms with Crippen LogP contribution in [0.1, 0.15) is 35.3 Å². The summed E-state index contributed by atoms with van der Waals surface area (Å²) in [6.45, 7) is 4.04. The Morgan fingerprint density at radius 3 is 2.12 bits per heavy atom. The molecule has 0 spiro atoms. The van der Waals surface area contributed by atoms with Crippen LogP contribution in [0.3, 0.4) is 0 Å². The SMILES string of the molecule is CCc1ccc(Cl)c(CC)c1NC(=O)c1cc(OC)c(OC)cc1OC. The van der Waals surface area contributed by atoms with Crippen molar-refractivity contribution in [3.05, 3.63) is 46.0 Å². The number of benzene rings is 2. The zero-order valence-corrected chi connectivity index (χ0v) is 16.5. The molecule has 0 bridgehead atoms. The van der Waals surface area contributed by atoms with Crippen molar-refractivity contribution in [1.82, 2.24) is 0 Å². The van der Waals surface area contributed by atoms with Gasteiger partial charge in [0.25, 0.3) is 5.91 Å². The summed E-state index contributed by atoms with van der Waals surface area (Å²) in [5.74, 6) is 1.05. The van der Waals surface area contributed by atoms with Crippen LogP contribution in [0.25, 0.3) is 0 Å². The van der Waals surface area contributed by atoms with Gasteiger partial charge in [-0.15, -0.1) is 0 Å². The number of nitrogens with one attached hydrogen (secondary N) is 1. The average molecular weight is 378 g/mol. The van der Waals surface area contributed by atoms with E-state index in [0.29, 0.717) is 34.3 Å². The monoisotopic (exact) mass is 377 g/mol. The number of anilines is 1. The Labute approximate surface area is 159 Å². The number of carbonyl (C=O) groups excluding carboxylic acids is 1. The van der Waals surface area contributed by atoms with Crippen molar-refractivity contribution in [2.24, 2.45) is 0 Å². The van der Waals surface area contributed by atoms with Gasteiger partial charge in [-0.1, -0.05) is 31.5 Å². The molecule has 0 aliphatic rings. The van der Waals surface area contributed by atoms with E-state index < -0.39 is 0 Å². The van der Waals surface area contributed by atoms with Crippen LogP contribution in [0.15, 0.2) is 24.3 Å². The average Bonchev–Trinajstić information content (AvgIpc) is 2.67. The lowest BCUT2D eigenvalue weighted by atomic mass is 10.0. The maximum absolute atomic E-state index is 13.0. The molecule has 0 unspecified atom stereocenters. The fourth-order valence-corrected chi connectivity index (χ4v) is 3.15. The summed E-state index contributed by atoms with van der Waals surface area (Å²) in [4.78, 5) is 13.0. The molecule has 0 atom stereocenters. The predicted octanol–water partition coefficient (Wildman–Crippen LogP) is 4.74. The molecule has 1 amide bonds. The number of methoxy groups -OCH3 is 3. The Morgan fingerprint density at radius 1 is 0.962 bits per heavy atom. The van der Waals surface area contributed by atoms with Crippen molar-refractivity contribution in [3.8, 4) is 17.2 Å². The summed E-state index contributed by atoms with van der Waals surface area (Å²) in [7, 11) is 4.56. The largest absolute Gasteiger partial charge is 0.496 e. The van der Waals surface area contributed by atoms with Crippen LogP contribution in [-0.2, 0) is 12.8 Å². The van der Waals surface area contributed by atoms with Gasteiger partial charge in [-0.25, -0.2) is 0 Å².